The van der Waals surface area contributed by atoms with E-state index in [1.54, 1.807) is 6.07 Å². The molecule has 5 heteroatoms. The van der Waals surface area contributed by atoms with Gasteiger partial charge in [0.25, 0.3) is 0 Å². The van der Waals surface area contributed by atoms with Crippen molar-refractivity contribution >= 4 is 6.09 Å². The molecule has 4 nitrogen and oxygen atoms in total. The van der Waals surface area contributed by atoms with Crippen LogP contribution in [0.25, 0.3) is 0 Å². The van der Waals surface area contributed by atoms with E-state index in [2.05, 4.69) is 4.90 Å². The van der Waals surface area contributed by atoms with Gasteiger partial charge in [0.1, 0.15) is 5.82 Å². The molecule has 2 saturated heterocycles. The van der Waals surface area contributed by atoms with Crippen LogP contribution in [0.5, 0.6) is 0 Å². The van der Waals surface area contributed by atoms with Crippen molar-refractivity contribution in [1.82, 2.24) is 9.80 Å². The third kappa shape index (κ3) is 2.75. The highest BCUT2D eigenvalue weighted by Gasteiger charge is 2.40. The summed E-state index contributed by atoms with van der Waals surface area (Å²) >= 11 is 0. The fraction of sp³-hybridized carbons (Fsp3) is 0.562. The van der Waals surface area contributed by atoms with Crippen LogP contribution in [-0.2, 0) is 0 Å². The van der Waals surface area contributed by atoms with Crippen LogP contribution >= 0.6 is 0 Å². The third-order valence-corrected chi connectivity index (χ3v) is 4.76. The van der Waals surface area contributed by atoms with E-state index in [9.17, 15) is 14.3 Å². The van der Waals surface area contributed by atoms with Crippen LogP contribution in [0.1, 0.15) is 30.0 Å². The Bertz CT molecular complexity index is 545. The summed E-state index contributed by atoms with van der Waals surface area (Å²) in [7, 11) is 0. The van der Waals surface area contributed by atoms with Gasteiger partial charge in [-0.3, -0.25) is 0 Å². The molecular weight excluding hydrogens is 271 g/mol. The average molecular weight is 292 g/mol. The second kappa shape index (κ2) is 5.64. The van der Waals surface area contributed by atoms with Gasteiger partial charge in [-0.1, -0.05) is 6.07 Å². The second-order valence-corrected chi connectivity index (χ2v) is 6.12. The molecule has 1 aromatic carbocycles. The summed E-state index contributed by atoms with van der Waals surface area (Å²) < 4.78 is 13.3. The molecule has 0 saturated carbocycles. The van der Waals surface area contributed by atoms with E-state index in [1.165, 1.54) is 23.5 Å². The minimum Gasteiger partial charge on any atom is -0.465 e. The number of aryl methyl sites for hydroxylation is 1. The van der Waals surface area contributed by atoms with Crippen LogP contribution in [0.15, 0.2) is 18.2 Å². The van der Waals surface area contributed by atoms with Crippen molar-refractivity contribution in [2.75, 3.05) is 26.2 Å². The van der Waals surface area contributed by atoms with Crippen molar-refractivity contribution in [3.05, 3.63) is 35.1 Å². The normalized spacial score (nSPS) is 25.9. The van der Waals surface area contributed by atoms with Crippen molar-refractivity contribution in [3.63, 3.8) is 0 Å². The summed E-state index contributed by atoms with van der Waals surface area (Å²) in [5.41, 5.74) is 1.78. The predicted molar refractivity (Wildman–Crippen MR) is 77.8 cm³/mol. The Morgan fingerprint density at radius 3 is 2.71 bits per heavy atom. The first-order valence-electron chi connectivity index (χ1n) is 7.54. The van der Waals surface area contributed by atoms with Crippen LogP contribution in [0, 0.1) is 18.7 Å². The smallest absolute Gasteiger partial charge is 0.407 e. The molecule has 2 aliphatic rings. The predicted octanol–water partition coefficient (Wildman–Crippen LogP) is 2.88. The summed E-state index contributed by atoms with van der Waals surface area (Å²) in [4.78, 5) is 15.4. The van der Waals surface area contributed by atoms with Crippen molar-refractivity contribution < 1.29 is 14.3 Å². The lowest BCUT2D eigenvalue weighted by Gasteiger charge is -2.36. The summed E-state index contributed by atoms with van der Waals surface area (Å²) in [6, 6.07) is 4.53. The molecule has 114 valence electrons. The molecule has 0 bridgehead atoms. The molecule has 1 amide bonds. The van der Waals surface area contributed by atoms with Gasteiger partial charge >= 0.3 is 6.09 Å². The zero-order valence-electron chi connectivity index (χ0n) is 12.3. The van der Waals surface area contributed by atoms with Crippen molar-refractivity contribution in [2.24, 2.45) is 5.92 Å². The Balaban J connectivity index is 1.88. The number of hydrogen-bond acceptors (Lipinski definition) is 2. The summed E-state index contributed by atoms with van der Waals surface area (Å²) in [5.74, 6) is 0.0287. The Morgan fingerprint density at radius 2 is 2.14 bits per heavy atom. The topological polar surface area (TPSA) is 43.8 Å². The number of nitrogens with zero attached hydrogens (tertiary/aromatic N) is 2. The van der Waals surface area contributed by atoms with Gasteiger partial charge in [0, 0.05) is 13.1 Å². The lowest BCUT2D eigenvalue weighted by molar-refractivity contribution is 0.114. The molecule has 21 heavy (non-hydrogen) atoms. The maximum atomic E-state index is 13.3. The zero-order chi connectivity index (χ0) is 15.0. The van der Waals surface area contributed by atoms with Crippen molar-refractivity contribution in [1.29, 1.82) is 0 Å². The molecule has 3 rings (SSSR count). The number of carbonyl (C=O) groups is 1. The molecule has 2 heterocycles. The lowest BCUT2D eigenvalue weighted by atomic mass is 9.90. The Kier molecular flexibility index (Phi) is 3.85. The highest BCUT2D eigenvalue weighted by molar-refractivity contribution is 5.66. The van der Waals surface area contributed by atoms with Gasteiger partial charge in [-0.05, 0) is 62.0 Å². The van der Waals surface area contributed by atoms with Crippen molar-refractivity contribution in [3.8, 4) is 0 Å². The van der Waals surface area contributed by atoms with Gasteiger partial charge in [-0.15, -0.1) is 0 Å². The summed E-state index contributed by atoms with van der Waals surface area (Å²) in [5, 5.41) is 9.45. The molecule has 1 aromatic rings. The van der Waals surface area contributed by atoms with E-state index in [4.69, 9.17) is 0 Å². The maximum Gasteiger partial charge on any atom is 0.407 e. The number of benzene rings is 1. The molecule has 2 atom stereocenters. The van der Waals surface area contributed by atoms with Crippen LogP contribution in [0.2, 0.25) is 0 Å². The van der Waals surface area contributed by atoms with E-state index >= 15 is 0 Å². The molecule has 0 spiro atoms. The Morgan fingerprint density at radius 1 is 1.38 bits per heavy atom. The number of hydrogen-bond donors (Lipinski definition) is 1. The van der Waals surface area contributed by atoms with Gasteiger partial charge in [0.05, 0.1) is 6.04 Å². The number of likely N-dealkylation sites (tertiary alicyclic amines) is 2. The SMILES string of the molecule is Cc1cc(F)ccc1[C@@H]1[C@@H](CN2CCC2)CCN1C(=O)O. The first-order chi connectivity index (χ1) is 10.1. The van der Waals surface area contributed by atoms with E-state index < -0.39 is 6.09 Å². The maximum absolute atomic E-state index is 13.3. The third-order valence-electron chi connectivity index (χ3n) is 4.76. The fourth-order valence-electron chi connectivity index (χ4n) is 3.55. The first-order valence-corrected chi connectivity index (χ1v) is 7.54. The van der Waals surface area contributed by atoms with Gasteiger partial charge in [-0.2, -0.15) is 0 Å². The van der Waals surface area contributed by atoms with E-state index in [-0.39, 0.29) is 11.9 Å². The van der Waals surface area contributed by atoms with Crippen LogP contribution in [0.3, 0.4) is 0 Å². The van der Waals surface area contributed by atoms with E-state index in [0.717, 1.165) is 37.2 Å². The fourth-order valence-corrected chi connectivity index (χ4v) is 3.55. The van der Waals surface area contributed by atoms with Gasteiger partial charge in [0.2, 0.25) is 0 Å². The molecule has 2 fully saturated rings. The monoisotopic (exact) mass is 292 g/mol. The first kappa shape index (κ1) is 14.3. The largest absolute Gasteiger partial charge is 0.465 e. The van der Waals surface area contributed by atoms with Gasteiger partial charge < -0.3 is 14.9 Å². The zero-order valence-corrected chi connectivity index (χ0v) is 12.3. The quantitative estimate of drug-likeness (QED) is 0.931. The van der Waals surface area contributed by atoms with E-state index in [0.29, 0.717) is 12.5 Å². The van der Waals surface area contributed by atoms with Crippen LogP contribution < -0.4 is 0 Å². The minimum atomic E-state index is -0.880. The molecule has 0 radical (unpaired) electrons. The highest BCUT2D eigenvalue weighted by Crippen LogP contribution is 2.39. The highest BCUT2D eigenvalue weighted by atomic mass is 19.1. The number of halogens is 1. The Labute approximate surface area is 124 Å². The van der Waals surface area contributed by atoms with Crippen molar-refractivity contribution in [2.45, 2.75) is 25.8 Å². The second-order valence-electron chi connectivity index (χ2n) is 6.12. The van der Waals surface area contributed by atoms with Crippen LogP contribution in [0.4, 0.5) is 9.18 Å². The molecule has 0 aliphatic carbocycles. The molecule has 2 aliphatic heterocycles. The number of carboxylic acid groups (broad SMARTS) is 1. The molecule has 0 aromatic heterocycles. The number of amides is 1. The van der Waals surface area contributed by atoms with Crippen LogP contribution in [-0.4, -0.2) is 47.2 Å². The summed E-state index contributed by atoms with van der Waals surface area (Å²) in [6.07, 6.45) is 1.23. The number of rotatable bonds is 3. The molecule has 0 unspecified atom stereocenters. The standard InChI is InChI=1S/C16H21FN2O2/c1-11-9-13(17)3-4-14(11)15-12(10-18-6-2-7-18)5-8-19(15)16(20)21/h3-4,9,12,15H,2,5-8,10H2,1H3,(H,20,21)/t12-,15+/m1/s1. The average Bonchev–Trinajstić information content (AvgIpc) is 2.77. The Hall–Kier alpha value is -1.62. The van der Waals surface area contributed by atoms with E-state index in [1.807, 2.05) is 6.92 Å². The lowest BCUT2D eigenvalue weighted by Crippen LogP contribution is -2.42. The van der Waals surface area contributed by atoms with Gasteiger partial charge in [-0.25, -0.2) is 9.18 Å². The van der Waals surface area contributed by atoms with Gasteiger partial charge in [0.15, 0.2) is 0 Å². The summed E-state index contributed by atoms with van der Waals surface area (Å²) in [6.45, 7) is 5.58. The molecule has 1 N–H and O–H groups in total. The minimum absolute atomic E-state index is 0.149. The molecular formula is C16H21FN2O2.